The quantitative estimate of drug-likeness (QED) is 0.665. The zero-order chi connectivity index (χ0) is 21.3. The Morgan fingerprint density at radius 3 is 2.71 bits per heavy atom. The SMILES string of the molecule is COc1cccc(CN2C(=O)N(c3ccc(-c4cn[nH]c4)cn3)CC23CCNCC3)c1. The summed E-state index contributed by atoms with van der Waals surface area (Å²) in [5.41, 5.74) is 2.81. The second kappa shape index (κ2) is 8.03. The fourth-order valence-electron chi connectivity index (χ4n) is 4.61. The Bertz CT molecular complexity index is 1040. The fourth-order valence-corrected chi connectivity index (χ4v) is 4.61. The summed E-state index contributed by atoms with van der Waals surface area (Å²) in [6.07, 6.45) is 7.24. The van der Waals surface area contributed by atoms with Crippen LogP contribution in [0.5, 0.6) is 5.75 Å². The molecule has 160 valence electrons. The van der Waals surface area contributed by atoms with Crippen molar-refractivity contribution in [1.82, 2.24) is 25.4 Å². The second-order valence-corrected chi connectivity index (χ2v) is 8.17. The molecule has 2 aromatic heterocycles. The van der Waals surface area contributed by atoms with E-state index in [0.717, 1.165) is 48.4 Å². The molecule has 0 saturated carbocycles. The van der Waals surface area contributed by atoms with Crippen molar-refractivity contribution >= 4 is 11.8 Å². The van der Waals surface area contributed by atoms with E-state index < -0.39 is 0 Å². The monoisotopic (exact) mass is 418 g/mol. The molecule has 0 unspecified atom stereocenters. The molecule has 2 aliphatic rings. The number of rotatable bonds is 5. The lowest BCUT2D eigenvalue weighted by Gasteiger charge is -2.40. The number of hydrogen-bond acceptors (Lipinski definition) is 5. The third-order valence-corrected chi connectivity index (χ3v) is 6.35. The van der Waals surface area contributed by atoms with Crippen molar-refractivity contribution < 1.29 is 9.53 Å². The zero-order valence-electron chi connectivity index (χ0n) is 17.5. The summed E-state index contributed by atoms with van der Waals surface area (Å²) in [4.78, 5) is 22.1. The third-order valence-electron chi connectivity index (χ3n) is 6.35. The van der Waals surface area contributed by atoms with E-state index in [1.807, 2.05) is 52.4 Å². The molecule has 0 aliphatic carbocycles. The smallest absolute Gasteiger partial charge is 0.326 e. The van der Waals surface area contributed by atoms with Gasteiger partial charge >= 0.3 is 6.03 Å². The van der Waals surface area contributed by atoms with Crippen molar-refractivity contribution in [2.24, 2.45) is 0 Å². The third kappa shape index (κ3) is 3.63. The molecule has 0 bridgehead atoms. The fraction of sp³-hybridized carbons (Fsp3) is 0.348. The number of carbonyl (C=O) groups excluding carboxylic acids is 1. The summed E-state index contributed by atoms with van der Waals surface area (Å²) in [6.45, 7) is 3.01. The van der Waals surface area contributed by atoms with E-state index in [-0.39, 0.29) is 11.6 Å². The maximum atomic E-state index is 13.6. The molecule has 2 aliphatic heterocycles. The van der Waals surface area contributed by atoms with Gasteiger partial charge < -0.3 is 15.0 Å². The number of nitrogens with zero attached hydrogens (tertiary/aromatic N) is 4. The summed E-state index contributed by atoms with van der Waals surface area (Å²) in [5.74, 6) is 1.49. The maximum Gasteiger partial charge on any atom is 0.326 e. The highest BCUT2D eigenvalue weighted by Crippen LogP contribution is 2.38. The summed E-state index contributed by atoms with van der Waals surface area (Å²) < 4.78 is 5.37. The molecule has 4 heterocycles. The van der Waals surface area contributed by atoms with Crippen molar-refractivity contribution in [3.63, 3.8) is 0 Å². The van der Waals surface area contributed by atoms with Gasteiger partial charge in [0.25, 0.3) is 0 Å². The Labute approximate surface area is 181 Å². The summed E-state index contributed by atoms with van der Waals surface area (Å²) in [5, 5.41) is 10.2. The molecule has 2 fully saturated rings. The molecular weight excluding hydrogens is 392 g/mol. The highest BCUT2D eigenvalue weighted by atomic mass is 16.5. The van der Waals surface area contributed by atoms with Crippen LogP contribution in [0.2, 0.25) is 0 Å². The molecular formula is C23H26N6O2. The lowest BCUT2D eigenvalue weighted by molar-refractivity contribution is 0.119. The van der Waals surface area contributed by atoms with E-state index in [9.17, 15) is 4.79 Å². The van der Waals surface area contributed by atoms with Gasteiger partial charge in [0.15, 0.2) is 0 Å². The van der Waals surface area contributed by atoms with Crippen LogP contribution >= 0.6 is 0 Å². The van der Waals surface area contributed by atoms with Crippen LogP contribution in [0.1, 0.15) is 18.4 Å². The van der Waals surface area contributed by atoms with Crippen LogP contribution < -0.4 is 15.0 Å². The van der Waals surface area contributed by atoms with Gasteiger partial charge in [-0.1, -0.05) is 12.1 Å². The van der Waals surface area contributed by atoms with Crippen molar-refractivity contribution in [2.45, 2.75) is 24.9 Å². The van der Waals surface area contributed by atoms with E-state index in [2.05, 4.69) is 20.5 Å². The number of H-pyrrole nitrogens is 1. The molecule has 1 spiro atoms. The number of urea groups is 1. The molecule has 8 nitrogen and oxygen atoms in total. The maximum absolute atomic E-state index is 13.6. The molecule has 8 heteroatoms. The molecule has 0 atom stereocenters. The predicted octanol–water partition coefficient (Wildman–Crippen LogP) is 3.04. The number of methoxy groups -OCH3 is 1. The van der Waals surface area contributed by atoms with E-state index >= 15 is 0 Å². The minimum absolute atomic E-state index is 0.00767. The second-order valence-electron chi connectivity index (χ2n) is 8.17. The first-order chi connectivity index (χ1) is 15.2. The van der Waals surface area contributed by atoms with Crippen molar-refractivity contribution in [2.75, 3.05) is 31.6 Å². The lowest BCUT2D eigenvalue weighted by atomic mass is 9.87. The van der Waals surface area contributed by atoms with Crippen LogP contribution in [0.4, 0.5) is 10.6 Å². The number of amides is 2. The van der Waals surface area contributed by atoms with Gasteiger partial charge in [-0.25, -0.2) is 9.78 Å². The summed E-state index contributed by atoms with van der Waals surface area (Å²) in [6, 6.07) is 11.9. The Hall–Kier alpha value is -3.39. The van der Waals surface area contributed by atoms with Crippen molar-refractivity contribution in [3.05, 3.63) is 60.6 Å². The summed E-state index contributed by atoms with van der Waals surface area (Å²) >= 11 is 0. The molecule has 1 aromatic carbocycles. The van der Waals surface area contributed by atoms with E-state index in [1.54, 1.807) is 19.5 Å². The van der Waals surface area contributed by atoms with Gasteiger partial charge in [-0.3, -0.25) is 10.00 Å². The molecule has 2 N–H and O–H groups in total. The van der Waals surface area contributed by atoms with E-state index in [1.165, 1.54) is 0 Å². The Morgan fingerprint density at radius 2 is 2.00 bits per heavy atom. The minimum Gasteiger partial charge on any atom is -0.497 e. The number of aromatic nitrogens is 3. The van der Waals surface area contributed by atoms with Gasteiger partial charge in [0, 0.05) is 30.1 Å². The van der Waals surface area contributed by atoms with Gasteiger partial charge in [0.05, 0.1) is 25.4 Å². The highest BCUT2D eigenvalue weighted by Gasteiger charge is 2.50. The molecule has 2 amide bonds. The van der Waals surface area contributed by atoms with Gasteiger partial charge in [-0.2, -0.15) is 5.10 Å². The summed E-state index contributed by atoms with van der Waals surface area (Å²) in [7, 11) is 1.66. The minimum atomic E-state index is -0.198. The number of benzene rings is 1. The normalized spacial score (nSPS) is 18.0. The Kier molecular flexibility index (Phi) is 5.07. The van der Waals surface area contributed by atoms with Gasteiger partial charge in [0.1, 0.15) is 11.6 Å². The van der Waals surface area contributed by atoms with Crippen LogP contribution in [0.25, 0.3) is 11.1 Å². The number of carbonyl (C=O) groups is 1. The molecule has 5 rings (SSSR count). The number of ether oxygens (including phenoxy) is 1. The first-order valence-corrected chi connectivity index (χ1v) is 10.6. The van der Waals surface area contributed by atoms with Crippen LogP contribution in [0.15, 0.2) is 55.0 Å². The molecule has 2 saturated heterocycles. The topological polar surface area (TPSA) is 86.4 Å². The highest BCUT2D eigenvalue weighted by molar-refractivity contribution is 5.94. The van der Waals surface area contributed by atoms with E-state index in [4.69, 9.17) is 4.74 Å². The van der Waals surface area contributed by atoms with Gasteiger partial charge in [-0.05, 0) is 55.8 Å². The number of piperidine rings is 1. The molecule has 0 radical (unpaired) electrons. The average Bonchev–Trinajstić information content (AvgIpc) is 3.44. The first-order valence-electron chi connectivity index (χ1n) is 10.6. The van der Waals surface area contributed by atoms with Crippen LogP contribution in [-0.2, 0) is 6.54 Å². The van der Waals surface area contributed by atoms with Crippen LogP contribution in [-0.4, -0.2) is 58.4 Å². The van der Waals surface area contributed by atoms with Crippen molar-refractivity contribution in [3.8, 4) is 16.9 Å². The van der Waals surface area contributed by atoms with Gasteiger partial charge in [0.2, 0.25) is 0 Å². The lowest BCUT2D eigenvalue weighted by Crippen LogP contribution is -2.53. The van der Waals surface area contributed by atoms with Crippen LogP contribution in [0.3, 0.4) is 0 Å². The Balaban J connectivity index is 1.44. The van der Waals surface area contributed by atoms with Gasteiger partial charge in [-0.15, -0.1) is 0 Å². The largest absolute Gasteiger partial charge is 0.497 e. The zero-order valence-corrected chi connectivity index (χ0v) is 17.5. The number of anilines is 1. The number of hydrogen-bond donors (Lipinski definition) is 2. The standard InChI is InChI=1S/C23H26N6O2/c1-31-20-4-2-3-17(11-20)15-29-22(30)28(16-23(29)7-9-24-10-8-23)21-6-5-18(12-25-21)19-13-26-27-14-19/h2-6,11-14,24H,7-10,15-16H2,1H3,(H,26,27). The van der Waals surface area contributed by atoms with Crippen molar-refractivity contribution in [1.29, 1.82) is 0 Å². The number of aromatic amines is 1. The molecule has 31 heavy (non-hydrogen) atoms. The Morgan fingerprint density at radius 1 is 1.13 bits per heavy atom. The number of pyridine rings is 1. The molecule has 3 aromatic rings. The average molecular weight is 419 g/mol. The predicted molar refractivity (Wildman–Crippen MR) is 118 cm³/mol. The van der Waals surface area contributed by atoms with Crippen LogP contribution in [0, 0.1) is 0 Å². The first kappa shape index (κ1) is 19.6. The van der Waals surface area contributed by atoms with E-state index in [0.29, 0.717) is 18.9 Å². The number of nitrogens with one attached hydrogen (secondary N) is 2.